The third-order valence-electron chi connectivity index (χ3n) is 4.18. The van der Waals surface area contributed by atoms with Gasteiger partial charge in [-0.2, -0.15) is 13.2 Å². The predicted molar refractivity (Wildman–Crippen MR) is 71.8 cm³/mol. The van der Waals surface area contributed by atoms with Crippen LogP contribution in [0.15, 0.2) is 0 Å². The van der Waals surface area contributed by atoms with E-state index < -0.39 is 12.7 Å². The maximum Gasteiger partial charge on any atom is 0.401 e. The molecule has 0 spiro atoms. The SMILES string of the molecule is O=C(NCCC1CCN(CC(F)(F)F)CC1)C1CCCO1. The number of halogens is 3. The molecule has 0 aromatic carbocycles. The van der Waals surface area contributed by atoms with Crippen LogP contribution < -0.4 is 5.32 Å². The molecule has 2 aliphatic heterocycles. The average molecular weight is 308 g/mol. The first kappa shape index (κ1) is 16.5. The van der Waals surface area contributed by atoms with Crippen molar-refractivity contribution in [2.24, 2.45) is 5.92 Å². The lowest BCUT2D eigenvalue weighted by atomic mass is 9.93. The summed E-state index contributed by atoms with van der Waals surface area (Å²) in [6.45, 7) is 1.40. The number of ether oxygens (including phenoxy) is 1. The number of piperidine rings is 1. The molecule has 2 heterocycles. The molecule has 2 fully saturated rings. The molecule has 0 saturated carbocycles. The number of hydrogen-bond donors (Lipinski definition) is 1. The van der Waals surface area contributed by atoms with E-state index in [0.29, 0.717) is 32.2 Å². The first-order valence-corrected chi connectivity index (χ1v) is 7.62. The second-order valence-corrected chi connectivity index (χ2v) is 5.92. The first-order valence-electron chi connectivity index (χ1n) is 7.62. The average Bonchev–Trinajstić information content (AvgIpc) is 2.93. The zero-order chi connectivity index (χ0) is 15.3. The van der Waals surface area contributed by atoms with Crippen molar-refractivity contribution >= 4 is 5.91 Å². The van der Waals surface area contributed by atoms with E-state index in [-0.39, 0.29) is 12.0 Å². The van der Waals surface area contributed by atoms with Gasteiger partial charge in [-0.1, -0.05) is 0 Å². The monoisotopic (exact) mass is 308 g/mol. The Labute approximate surface area is 123 Å². The number of carbonyl (C=O) groups is 1. The van der Waals surface area contributed by atoms with Gasteiger partial charge in [0.25, 0.3) is 0 Å². The Morgan fingerprint density at radius 2 is 1.95 bits per heavy atom. The lowest BCUT2D eigenvalue weighted by molar-refractivity contribution is -0.148. The van der Waals surface area contributed by atoms with Gasteiger partial charge >= 0.3 is 6.18 Å². The summed E-state index contributed by atoms with van der Waals surface area (Å²) in [6.07, 6.45) is -0.339. The van der Waals surface area contributed by atoms with Crippen molar-refractivity contribution in [1.29, 1.82) is 0 Å². The maximum absolute atomic E-state index is 12.3. The normalized spacial score (nSPS) is 25.2. The molecule has 1 unspecified atom stereocenters. The molecule has 4 nitrogen and oxygen atoms in total. The number of rotatable bonds is 5. The summed E-state index contributed by atoms with van der Waals surface area (Å²) in [7, 11) is 0. The number of likely N-dealkylation sites (tertiary alicyclic amines) is 1. The largest absolute Gasteiger partial charge is 0.401 e. The molecule has 2 aliphatic rings. The minimum absolute atomic E-state index is 0.0537. The number of amides is 1. The second kappa shape index (κ2) is 7.45. The summed E-state index contributed by atoms with van der Waals surface area (Å²) >= 11 is 0. The fourth-order valence-corrected chi connectivity index (χ4v) is 2.98. The third-order valence-corrected chi connectivity index (χ3v) is 4.18. The minimum Gasteiger partial charge on any atom is -0.368 e. The van der Waals surface area contributed by atoms with E-state index in [0.717, 1.165) is 32.1 Å². The van der Waals surface area contributed by atoms with Crippen LogP contribution in [0.4, 0.5) is 13.2 Å². The molecule has 2 saturated heterocycles. The Morgan fingerprint density at radius 1 is 1.24 bits per heavy atom. The van der Waals surface area contributed by atoms with Crippen molar-refractivity contribution in [3.05, 3.63) is 0 Å². The molecule has 0 bridgehead atoms. The van der Waals surface area contributed by atoms with Gasteiger partial charge in [0, 0.05) is 13.2 Å². The van der Waals surface area contributed by atoms with Gasteiger partial charge in [0.15, 0.2) is 0 Å². The van der Waals surface area contributed by atoms with Crippen LogP contribution in [0.2, 0.25) is 0 Å². The highest BCUT2D eigenvalue weighted by Gasteiger charge is 2.32. The maximum atomic E-state index is 12.3. The minimum atomic E-state index is -4.11. The number of hydrogen-bond acceptors (Lipinski definition) is 3. The van der Waals surface area contributed by atoms with E-state index in [4.69, 9.17) is 4.74 Å². The van der Waals surface area contributed by atoms with E-state index >= 15 is 0 Å². The summed E-state index contributed by atoms with van der Waals surface area (Å²) in [5, 5.41) is 2.86. The van der Waals surface area contributed by atoms with E-state index in [1.165, 1.54) is 4.90 Å². The van der Waals surface area contributed by atoms with Gasteiger partial charge in [-0.15, -0.1) is 0 Å². The second-order valence-electron chi connectivity index (χ2n) is 5.92. The quantitative estimate of drug-likeness (QED) is 0.844. The van der Waals surface area contributed by atoms with Gasteiger partial charge < -0.3 is 10.1 Å². The molecule has 0 aromatic heterocycles. The predicted octanol–water partition coefficient (Wildman–Crippen LogP) is 1.95. The fourth-order valence-electron chi connectivity index (χ4n) is 2.98. The smallest absolute Gasteiger partial charge is 0.368 e. The highest BCUT2D eigenvalue weighted by molar-refractivity contribution is 5.80. The van der Waals surface area contributed by atoms with E-state index in [9.17, 15) is 18.0 Å². The zero-order valence-corrected chi connectivity index (χ0v) is 12.1. The van der Waals surface area contributed by atoms with Gasteiger partial charge in [-0.05, 0) is 51.1 Å². The number of carbonyl (C=O) groups excluding carboxylic acids is 1. The Kier molecular flexibility index (Phi) is 5.87. The van der Waals surface area contributed by atoms with Crippen molar-refractivity contribution in [2.45, 2.75) is 44.4 Å². The molecular weight excluding hydrogens is 285 g/mol. The summed E-state index contributed by atoms with van der Waals surface area (Å²) in [5.74, 6) is 0.348. The fraction of sp³-hybridized carbons (Fsp3) is 0.929. The highest BCUT2D eigenvalue weighted by Crippen LogP contribution is 2.24. The molecule has 1 atom stereocenters. The van der Waals surface area contributed by atoms with Gasteiger partial charge in [0.2, 0.25) is 5.91 Å². The van der Waals surface area contributed by atoms with Crippen molar-refractivity contribution < 1.29 is 22.7 Å². The molecule has 2 rings (SSSR count). The molecule has 122 valence electrons. The Balaban J connectivity index is 1.57. The van der Waals surface area contributed by atoms with Gasteiger partial charge in [0.05, 0.1) is 6.54 Å². The van der Waals surface area contributed by atoms with Crippen LogP contribution in [0.3, 0.4) is 0 Å². The third kappa shape index (κ3) is 5.82. The van der Waals surface area contributed by atoms with Crippen LogP contribution in [0, 0.1) is 5.92 Å². The molecule has 7 heteroatoms. The van der Waals surface area contributed by atoms with Crippen molar-refractivity contribution in [2.75, 3.05) is 32.8 Å². The van der Waals surface area contributed by atoms with Crippen LogP contribution in [-0.4, -0.2) is 55.9 Å². The summed E-state index contributed by atoms with van der Waals surface area (Å²) in [5.41, 5.74) is 0. The number of alkyl halides is 3. The Hall–Kier alpha value is -0.820. The van der Waals surface area contributed by atoms with Crippen LogP contribution in [0.5, 0.6) is 0 Å². The van der Waals surface area contributed by atoms with Gasteiger partial charge in [-0.3, -0.25) is 9.69 Å². The molecule has 21 heavy (non-hydrogen) atoms. The molecule has 1 N–H and O–H groups in total. The zero-order valence-electron chi connectivity index (χ0n) is 12.1. The summed E-state index contributed by atoms with van der Waals surface area (Å²) < 4.78 is 42.1. The number of nitrogens with zero attached hydrogens (tertiary/aromatic N) is 1. The van der Waals surface area contributed by atoms with Crippen molar-refractivity contribution in [3.63, 3.8) is 0 Å². The van der Waals surface area contributed by atoms with Crippen LogP contribution in [-0.2, 0) is 9.53 Å². The lowest BCUT2D eigenvalue weighted by Crippen LogP contribution is -2.41. The van der Waals surface area contributed by atoms with E-state index in [2.05, 4.69) is 5.32 Å². The summed E-state index contributed by atoms with van der Waals surface area (Å²) in [6, 6.07) is 0. The van der Waals surface area contributed by atoms with Gasteiger partial charge in [-0.25, -0.2) is 0 Å². The highest BCUT2D eigenvalue weighted by atomic mass is 19.4. The molecular formula is C14H23F3N2O2. The lowest BCUT2D eigenvalue weighted by Gasteiger charge is -2.32. The van der Waals surface area contributed by atoms with Crippen LogP contribution >= 0.6 is 0 Å². The summed E-state index contributed by atoms with van der Waals surface area (Å²) in [4.78, 5) is 13.2. The van der Waals surface area contributed by atoms with Crippen molar-refractivity contribution in [1.82, 2.24) is 10.2 Å². The Bertz CT molecular complexity index is 336. The van der Waals surface area contributed by atoms with Gasteiger partial charge in [0.1, 0.15) is 6.10 Å². The van der Waals surface area contributed by atoms with E-state index in [1.54, 1.807) is 0 Å². The molecule has 0 aromatic rings. The standard InChI is InChI=1S/C14H23F3N2O2/c15-14(16,17)10-19-7-4-11(5-8-19)3-6-18-13(20)12-2-1-9-21-12/h11-12H,1-10H2,(H,18,20). The molecule has 0 aliphatic carbocycles. The van der Waals surface area contributed by atoms with Crippen LogP contribution in [0.25, 0.3) is 0 Å². The number of nitrogens with one attached hydrogen (secondary N) is 1. The van der Waals surface area contributed by atoms with E-state index in [1.807, 2.05) is 0 Å². The first-order chi connectivity index (χ1) is 9.94. The van der Waals surface area contributed by atoms with Crippen molar-refractivity contribution in [3.8, 4) is 0 Å². The molecule has 1 amide bonds. The van der Waals surface area contributed by atoms with Crippen LogP contribution in [0.1, 0.15) is 32.1 Å². The topological polar surface area (TPSA) is 41.6 Å². The Morgan fingerprint density at radius 3 is 2.52 bits per heavy atom. The molecule has 0 radical (unpaired) electrons.